The van der Waals surface area contributed by atoms with Gasteiger partial charge in [0.15, 0.2) is 0 Å². The number of aromatic nitrogens is 1. The summed E-state index contributed by atoms with van der Waals surface area (Å²) in [6, 6.07) is 6.47. The third-order valence-corrected chi connectivity index (χ3v) is 3.50. The fraction of sp³-hybridized carbons (Fsp3) is 0.375. The predicted octanol–water partition coefficient (Wildman–Crippen LogP) is 3.20. The van der Waals surface area contributed by atoms with Gasteiger partial charge in [-0.2, -0.15) is 0 Å². The molecule has 0 saturated heterocycles. The molecule has 0 aliphatic heterocycles. The van der Waals surface area contributed by atoms with Gasteiger partial charge >= 0.3 is 5.97 Å². The number of nitrogens with zero attached hydrogens (tertiary/aromatic N) is 1. The number of unbranched alkanes of at least 4 members (excludes halogenated alkanes) is 2. The van der Waals surface area contributed by atoms with E-state index in [9.17, 15) is 9.59 Å². The molecule has 4 nitrogen and oxygen atoms in total. The molecular weight excluding hydrogens is 254 g/mol. The molecular formula is C16H19NO3. The average Bonchev–Trinajstić information content (AvgIpc) is 2.41. The smallest absolute Gasteiger partial charge is 0.335 e. The van der Waals surface area contributed by atoms with Crippen LogP contribution in [0.1, 0.15) is 42.1 Å². The fourth-order valence-corrected chi connectivity index (χ4v) is 2.53. The molecule has 20 heavy (non-hydrogen) atoms. The SMILES string of the molecule is CCCCCn1c(=O)ccc2cc(C(=O)O)cc(C)c21. The van der Waals surface area contributed by atoms with E-state index in [-0.39, 0.29) is 11.1 Å². The highest BCUT2D eigenvalue weighted by Gasteiger charge is 2.10. The van der Waals surface area contributed by atoms with Crippen molar-refractivity contribution in [2.24, 2.45) is 0 Å². The summed E-state index contributed by atoms with van der Waals surface area (Å²) >= 11 is 0. The van der Waals surface area contributed by atoms with Crippen molar-refractivity contribution >= 4 is 16.9 Å². The van der Waals surface area contributed by atoms with Gasteiger partial charge in [-0.25, -0.2) is 4.79 Å². The first-order valence-electron chi connectivity index (χ1n) is 6.92. The maximum Gasteiger partial charge on any atom is 0.335 e. The molecule has 106 valence electrons. The van der Waals surface area contributed by atoms with Gasteiger partial charge in [0.1, 0.15) is 0 Å². The summed E-state index contributed by atoms with van der Waals surface area (Å²) in [5.41, 5.74) is 1.90. The number of fused-ring (bicyclic) bond motifs is 1. The zero-order valence-electron chi connectivity index (χ0n) is 11.8. The molecule has 4 heteroatoms. The van der Waals surface area contributed by atoms with Gasteiger partial charge in [0.05, 0.1) is 11.1 Å². The number of aryl methyl sites for hydroxylation is 2. The highest BCUT2D eigenvalue weighted by atomic mass is 16.4. The Kier molecular flexibility index (Phi) is 4.23. The van der Waals surface area contributed by atoms with Crippen LogP contribution in [0.3, 0.4) is 0 Å². The Balaban J connectivity index is 2.59. The Morgan fingerprint density at radius 2 is 2.00 bits per heavy atom. The summed E-state index contributed by atoms with van der Waals surface area (Å²) in [5.74, 6) is -0.946. The Hall–Kier alpha value is -2.10. The lowest BCUT2D eigenvalue weighted by atomic mass is 10.1. The number of pyridine rings is 1. The summed E-state index contributed by atoms with van der Waals surface area (Å²) in [4.78, 5) is 23.1. The topological polar surface area (TPSA) is 59.3 Å². The van der Waals surface area contributed by atoms with Crippen LogP contribution in [0.5, 0.6) is 0 Å². The van der Waals surface area contributed by atoms with E-state index in [0.29, 0.717) is 6.54 Å². The minimum atomic E-state index is -0.946. The van der Waals surface area contributed by atoms with E-state index in [4.69, 9.17) is 5.11 Å². The molecule has 0 fully saturated rings. The van der Waals surface area contributed by atoms with Crippen LogP contribution in [0.25, 0.3) is 10.9 Å². The van der Waals surface area contributed by atoms with Gasteiger partial charge in [-0.3, -0.25) is 4.79 Å². The van der Waals surface area contributed by atoms with Crippen LogP contribution in [-0.2, 0) is 6.54 Å². The van der Waals surface area contributed by atoms with E-state index in [1.807, 2.05) is 6.92 Å². The summed E-state index contributed by atoms with van der Waals surface area (Å²) in [6.07, 6.45) is 3.13. The minimum absolute atomic E-state index is 0.0280. The van der Waals surface area contributed by atoms with Crippen LogP contribution in [0.15, 0.2) is 29.1 Å². The van der Waals surface area contributed by atoms with E-state index < -0.39 is 5.97 Å². The Bertz CT molecular complexity index is 701. The first-order chi connectivity index (χ1) is 9.54. The second kappa shape index (κ2) is 5.90. The van der Waals surface area contributed by atoms with Crippen molar-refractivity contribution in [3.63, 3.8) is 0 Å². The van der Waals surface area contributed by atoms with Crippen LogP contribution in [0.2, 0.25) is 0 Å². The Labute approximate surface area is 117 Å². The van der Waals surface area contributed by atoms with E-state index in [2.05, 4.69) is 6.92 Å². The number of carboxylic acid groups (broad SMARTS) is 1. The maximum atomic E-state index is 12.0. The van der Waals surface area contributed by atoms with Crippen LogP contribution in [-0.4, -0.2) is 15.6 Å². The van der Waals surface area contributed by atoms with E-state index in [0.717, 1.165) is 35.7 Å². The number of hydrogen-bond donors (Lipinski definition) is 1. The molecule has 0 radical (unpaired) electrons. The molecule has 2 rings (SSSR count). The summed E-state index contributed by atoms with van der Waals surface area (Å²) < 4.78 is 1.76. The monoisotopic (exact) mass is 273 g/mol. The van der Waals surface area contributed by atoms with E-state index in [1.54, 1.807) is 22.8 Å². The van der Waals surface area contributed by atoms with Crippen LogP contribution in [0, 0.1) is 6.92 Å². The molecule has 0 atom stereocenters. The lowest BCUT2D eigenvalue weighted by Gasteiger charge is -2.13. The molecule has 0 aliphatic rings. The van der Waals surface area contributed by atoms with Gasteiger partial charge in [-0.15, -0.1) is 0 Å². The lowest BCUT2D eigenvalue weighted by molar-refractivity contribution is 0.0697. The lowest BCUT2D eigenvalue weighted by Crippen LogP contribution is -2.20. The van der Waals surface area contributed by atoms with Crippen molar-refractivity contribution in [2.45, 2.75) is 39.7 Å². The maximum absolute atomic E-state index is 12.0. The molecule has 0 amide bonds. The number of rotatable bonds is 5. The molecule has 1 N–H and O–H groups in total. The first kappa shape index (κ1) is 14.3. The minimum Gasteiger partial charge on any atom is -0.478 e. The van der Waals surface area contributed by atoms with Gasteiger partial charge < -0.3 is 9.67 Å². The highest BCUT2D eigenvalue weighted by molar-refractivity contribution is 5.94. The normalized spacial score (nSPS) is 10.9. The van der Waals surface area contributed by atoms with E-state index in [1.165, 1.54) is 6.07 Å². The van der Waals surface area contributed by atoms with Crippen molar-refractivity contribution < 1.29 is 9.90 Å². The van der Waals surface area contributed by atoms with Crippen molar-refractivity contribution in [1.29, 1.82) is 0 Å². The standard InChI is InChI=1S/C16H19NO3/c1-3-4-5-8-17-14(18)7-6-12-10-13(16(19)20)9-11(2)15(12)17/h6-7,9-10H,3-5,8H2,1-2H3,(H,19,20). The summed E-state index contributed by atoms with van der Waals surface area (Å²) in [5, 5.41) is 9.90. The molecule has 0 unspecified atom stereocenters. The van der Waals surface area contributed by atoms with Crippen LogP contribution >= 0.6 is 0 Å². The third-order valence-electron chi connectivity index (χ3n) is 3.50. The number of carboxylic acids is 1. The largest absolute Gasteiger partial charge is 0.478 e. The van der Waals surface area contributed by atoms with Gasteiger partial charge in [-0.1, -0.05) is 19.8 Å². The summed E-state index contributed by atoms with van der Waals surface area (Å²) in [6.45, 7) is 4.65. The quantitative estimate of drug-likeness (QED) is 0.851. The second-order valence-corrected chi connectivity index (χ2v) is 5.07. The highest BCUT2D eigenvalue weighted by Crippen LogP contribution is 2.20. The van der Waals surface area contributed by atoms with Crippen molar-refractivity contribution in [2.75, 3.05) is 0 Å². The number of carbonyl (C=O) groups is 1. The number of aromatic carboxylic acids is 1. The fourth-order valence-electron chi connectivity index (χ4n) is 2.53. The molecule has 0 saturated carbocycles. The van der Waals surface area contributed by atoms with Crippen LogP contribution < -0.4 is 5.56 Å². The third kappa shape index (κ3) is 2.74. The van der Waals surface area contributed by atoms with Gasteiger partial charge in [-0.05, 0) is 42.5 Å². The molecule has 1 heterocycles. The molecule has 0 aliphatic carbocycles. The van der Waals surface area contributed by atoms with Gasteiger partial charge in [0.25, 0.3) is 5.56 Å². The molecule has 2 aromatic rings. The second-order valence-electron chi connectivity index (χ2n) is 5.07. The van der Waals surface area contributed by atoms with Crippen molar-refractivity contribution in [3.8, 4) is 0 Å². The van der Waals surface area contributed by atoms with Crippen LogP contribution in [0.4, 0.5) is 0 Å². The zero-order chi connectivity index (χ0) is 14.7. The Morgan fingerprint density at radius 1 is 1.25 bits per heavy atom. The molecule has 1 aromatic heterocycles. The Morgan fingerprint density at radius 3 is 2.65 bits per heavy atom. The summed E-state index contributed by atoms with van der Waals surface area (Å²) in [7, 11) is 0. The molecule has 0 bridgehead atoms. The van der Waals surface area contributed by atoms with Gasteiger partial charge in [0, 0.05) is 12.6 Å². The average molecular weight is 273 g/mol. The van der Waals surface area contributed by atoms with Crippen molar-refractivity contribution in [1.82, 2.24) is 4.57 Å². The predicted molar refractivity (Wildman–Crippen MR) is 79.4 cm³/mol. The first-order valence-corrected chi connectivity index (χ1v) is 6.92. The van der Waals surface area contributed by atoms with Crippen molar-refractivity contribution in [3.05, 3.63) is 45.7 Å². The number of hydrogen-bond acceptors (Lipinski definition) is 2. The molecule has 1 aromatic carbocycles. The van der Waals surface area contributed by atoms with Gasteiger partial charge in [0.2, 0.25) is 0 Å². The molecule has 0 spiro atoms. The van der Waals surface area contributed by atoms with E-state index >= 15 is 0 Å². The number of benzene rings is 1. The zero-order valence-corrected chi connectivity index (χ0v) is 11.8.